The lowest BCUT2D eigenvalue weighted by Gasteiger charge is -2.06. The first-order chi connectivity index (χ1) is 15.5. The number of thiazole rings is 1. The number of benzene rings is 2. The maximum absolute atomic E-state index is 12.8. The number of amides is 1. The van der Waals surface area contributed by atoms with Crippen LogP contribution in [0.4, 0.5) is 0 Å². The summed E-state index contributed by atoms with van der Waals surface area (Å²) in [7, 11) is 0. The molecule has 0 saturated heterocycles. The number of fused-ring (bicyclic) bond motifs is 1. The lowest BCUT2D eigenvalue weighted by molar-refractivity contribution is -0.143. The van der Waals surface area contributed by atoms with Gasteiger partial charge in [0.1, 0.15) is 12.3 Å². The number of carbonyl (C=O) groups excluding carboxylic acids is 3. The fourth-order valence-corrected chi connectivity index (χ4v) is 4.07. The van der Waals surface area contributed by atoms with Crippen LogP contribution < -0.4 is 9.54 Å². The summed E-state index contributed by atoms with van der Waals surface area (Å²) in [6, 6.07) is 11.7. The lowest BCUT2D eigenvalue weighted by Crippen LogP contribution is -2.23. The Balaban J connectivity index is 2.04. The molecule has 2 aromatic carbocycles. The molecule has 0 radical (unpaired) electrons. The smallest absolute Gasteiger partial charge is 0.338 e. The molecule has 0 spiro atoms. The van der Waals surface area contributed by atoms with Crippen molar-refractivity contribution in [3.05, 3.63) is 58.4 Å². The predicted octanol–water partition coefficient (Wildman–Crippen LogP) is 3.58. The molecule has 0 fully saturated rings. The normalized spacial score (nSPS) is 11.4. The zero-order valence-electron chi connectivity index (χ0n) is 18.1. The van der Waals surface area contributed by atoms with Crippen molar-refractivity contribution in [2.75, 3.05) is 19.8 Å². The first kappa shape index (κ1) is 23.2. The molecule has 0 N–H and O–H groups in total. The van der Waals surface area contributed by atoms with Crippen LogP contribution in [0.1, 0.15) is 41.5 Å². The molecule has 1 amide bonds. The summed E-state index contributed by atoms with van der Waals surface area (Å²) in [5.41, 5.74) is 1.43. The van der Waals surface area contributed by atoms with Crippen molar-refractivity contribution in [3.63, 3.8) is 0 Å². The molecule has 3 rings (SSSR count). The molecule has 0 aliphatic carbocycles. The van der Waals surface area contributed by atoms with E-state index in [1.165, 1.54) is 11.3 Å². The van der Waals surface area contributed by atoms with Crippen LogP contribution in [0.5, 0.6) is 5.75 Å². The minimum absolute atomic E-state index is 0.109. The molecule has 3 aromatic rings. The fourth-order valence-electron chi connectivity index (χ4n) is 3.00. The van der Waals surface area contributed by atoms with Gasteiger partial charge in [-0.1, -0.05) is 11.3 Å². The Morgan fingerprint density at radius 1 is 0.906 bits per heavy atom. The van der Waals surface area contributed by atoms with Gasteiger partial charge in [0.05, 0.1) is 35.6 Å². The van der Waals surface area contributed by atoms with Crippen molar-refractivity contribution in [1.82, 2.24) is 4.57 Å². The fraction of sp³-hybridized carbons (Fsp3) is 0.304. The van der Waals surface area contributed by atoms with Crippen LogP contribution in [0.25, 0.3) is 10.2 Å². The maximum Gasteiger partial charge on any atom is 0.338 e. The van der Waals surface area contributed by atoms with E-state index in [2.05, 4.69) is 4.99 Å². The van der Waals surface area contributed by atoms with E-state index >= 15 is 0 Å². The highest BCUT2D eigenvalue weighted by Crippen LogP contribution is 2.20. The van der Waals surface area contributed by atoms with Gasteiger partial charge in [0.15, 0.2) is 4.80 Å². The average Bonchev–Trinajstić information content (AvgIpc) is 3.10. The third kappa shape index (κ3) is 5.42. The second kappa shape index (κ2) is 10.7. The van der Waals surface area contributed by atoms with Crippen LogP contribution in [0.15, 0.2) is 47.5 Å². The summed E-state index contributed by atoms with van der Waals surface area (Å²) in [6.45, 7) is 6.26. The average molecular weight is 457 g/mol. The number of carbonyl (C=O) groups is 3. The Kier molecular flexibility index (Phi) is 7.77. The number of hydrogen-bond donors (Lipinski definition) is 0. The molecule has 0 aliphatic rings. The third-order valence-corrected chi connectivity index (χ3v) is 5.44. The summed E-state index contributed by atoms with van der Waals surface area (Å²) in [6.07, 6.45) is 0. The lowest BCUT2D eigenvalue weighted by atomic mass is 10.2. The molecule has 8 nitrogen and oxygen atoms in total. The van der Waals surface area contributed by atoms with Gasteiger partial charge in [-0.25, -0.2) is 4.79 Å². The molecule has 32 heavy (non-hydrogen) atoms. The predicted molar refractivity (Wildman–Crippen MR) is 120 cm³/mol. The Morgan fingerprint density at radius 3 is 2.25 bits per heavy atom. The Bertz CT molecular complexity index is 1190. The zero-order valence-corrected chi connectivity index (χ0v) is 18.9. The summed E-state index contributed by atoms with van der Waals surface area (Å²) in [4.78, 5) is 41.6. The summed E-state index contributed by atoms with van der Waals surface area (Å²) in [5.74, 6) is -0.682. The minimum Gasteiger partial charge on any atom is -0.494 e. The summed E-state index contributed by atoms with van der Waals surface area (Å²) < 4.78 is 17.8. The molecule has 0 saturated carbocycles. The maximum atomic E-state index is 12.8. The third-order valence-electron chi connectivity index (χ3n) is 4.40. The molecular formula is C23H24N2O6S. The van der Waals surface area contributed by atoms with Crippen molar-refractivity contribution in [1.29, 1.82) is 0 Å². The molecule has 0 aliphatic heterocycles. The first-order valence-electron chi connectivity index (χ1n) is 10.2. The molecule has 0 bridgehead atoms. The SMILES string of the molecule is CCOC(=O)Cn1c(=NC(=O)c2ccc(OCC)cc2)sc2cc(C(=O)OCC)ccc21. The van der Waals surface area contributed by atoms with Gasteiger partial charge < -0.3 is 18.8 Å². The highest BCUT2D eigenvalue weighted by atomic mass is 32.1. The summed E-state index contributed by atoms with van der Waals surface area (Å²) >= 11 is 1.20. The number of hydrogen-bond acceptors (Lipinski definition) is 7. The van der Waals surface area contributed by atoms with Crippen LogP contribution in [0.3, 0.4) is 0 Å². The quantitative estimate of drug-likeness (QED) is 0.481. The monoisotopic (exact) mass is 456 g/mol. The van der Waals surface area contributed by atoms with Crippen molar-refractivity contribution in [3.8, 4) is 5.75 Å². The van der Waals surface area contributed by atoms with Crippen molar-refractivity contribution in [2.45, 2.75) is 27.3 Å². The Hall–Kier alpha value is -3.46. The second-order valence-corrected chi connectivity index (χ2v) is 7.56. The van der Waals surface area contributed by atoms with Crippen LogP contribution >= 0.6 is 11.3 Å². The van der Waals surface area contributed by atoms with Gasteiger partial charge >= 0.3 is 11.9 Å². The topological polar surface area (TPSA) is 96.2 Å². The van der Waals surface area contributed by atoms with Gasteiger partial charge in [-0.15, -0.1) is 0 Å². The number of rotatable bonds is 8. The zero-order chi connectivity index (χ0) is 23.1. The minimum atomic E-state index is -0.456. The molecule has 1 aromatic heterocycles. The van der Waals surface area contributed by atoms with E-state index in [4.69, 9.17) is 14.2 Å². The number of nitrogens with zero attached hydrogens (tertiary/aromatic N) is 2. The molecule has 0 unspecified atom stereocenters. The molecular weight excluding hydrogens is 432 g/mol. The second-order valence-electron chi connectivity index (χ2n) is 6.55. The van der Waals surface area contributed by atoms with Gasteiger partial charge in [-0.3, -0.25) is 9.59 Å². The summed E-state index contributed by atoms with van der Waals surface area (Å²) in [5, 5.41) is 0. The standard InChI is InChI=1S/C23H24N2O6S/c1-4-29-17-10-7-15(8-11-17)21(27)24-23-25(14-20(26)30-5-2)18-12-9-16(13-19(18)32-23)22(28)31-6-3/h7-13H,4-6,14H2,1-3H3. The molecule has 1 heterocycles. The van der Waals surface area contributed by atoms with Crippen LogP contribution in [-0.2, 0) is 20.8 Å². The van der Waals surface area contributed by atoms with Crippen LogP contribution in [-0.4, -0.2) is 42.2 Å². The number of ether oxygens (including phenoxy) is 3. The molecule has 0 atom stereocenters. The molecule has 9 heteroatoms. The highest BCUT2D eigenvalue weighted by Gasteiger charge is 2.15. The van der Waals surface area contributed by atoms with E-state index in [1.54, 1.807) is 60.9 Å². The van der Waals surface area contributed by atoms with Crippen LogP contribution in [0.2, 0.25) is 0 Å². The van der Waals surface area contributed by atoms with Crippen molar-refractivity contribution in [2.24, 2.45) is 4.99 Å². The molecule has 168 valence electrons. The van der Waals surface area contributed by atoms with Gasteiger partial charge in [0, 0.05) is 5.56 Å². The van der Waals surface area contributed by atoms with E-state index in [0.717, 1.165) is 0 Å². The van der Waals surface area contributed by atoms with E-state index in [0.29, 0.717) is 38.5 Å². The largest absolute Gasteiger partial charge is 0.494 e. The van der Waals surface area contributed by atoms with E-state index < -0.39 is 17.8 Å². The van der Waals surface area contributed by atoms with Gasteiger partial charge in [0.25, 0.3) is 5.91 Å². The Morgan fingerprint density at radius 2 is 1.59 bits per heavy atom. The van der Waals surface area contributed by atoms with Gasteiger partial charge in [-0.2, -0.15) is 4.99 Å². The number of aromatic nitrogens is 1. The highest BCUT2D eigenvalue weighted by molar-refractivity contribution is 7.16. The van der Waals surface area contributed by atoms with E-state index in [1.807, 2.05) is 6.92 Å². The Labute approximate surface area is 189 Å². The van der Waals surface area contributed by atoms with E-state index in [-0.39, 0.29) is 19.8 Å². The van der Waals surface area contributed by atoms with Crippen molar-refractivity contribution < 1.29 is 28.6 Å². The van der Waals surface area contributed by atoms with Gasteiger partial charge in [-0.05, 0) is 63.2 Å². The van der Waals surface area contributed by atoms with Crippen molar-refractivity contribution >= 4 is 39.4 Å². The van der Waals surface area contributed by atoms with Gasteiger partial charge in [0.2, 0.25) is 0 Å². The van der Waals surface area contributed by atoms with E-state index in [9.17, 15) is 14.4 Å². The number of esters is 2. The first-order valence-corrected chi connectivity index (χ1v) is 11.1. The van der Waals surface area contributed by atoms with Crippen LogP contribution in [0, 0.1) is 0 Å².